The molecular weight excluding hydrogens is 246 g/mol. The van der Waals surface area contributed by atoms with E-state index in [-0.39, 0.29) is 6.04 Å². The van der Waals surface area contributed by atoms with Gasteiger partial charge < -0.3 is 5.73 Å². The molecule has 0 aliphatic carbocycles. The van der Waals surface area contributed by atoms with E-state index in [1.54, 1.807) is 16.4 Å². The van der Waals surface area contributed by atoms with Crippen molar-refractivity contribution >= 4 is 11.8 Å². The number of tetrazole rings is 1. The van der Waals surface area contributed by atoms with Crippen LogP contribution in [0.15, 0.2) is 23.4 Å². The van der Waals surface area contributed by atoms with Gasteiger partial charge in [0.15, 0.2) is 0 Å². The fraction of sp³-hybridized carbons (Fsp3) is 0.417. The third-order valence-electron chi connectivity index (χ3n) is 2.93. The van der Waals surface area contributed by atoms with Crippen molar-refractivity contribution in [3.63, 3.8) is 0 Å². The fourth-order valence-corrected chi connectivity index (χ4v) is 2.44. The molecule has 2 rings (SSSR count). The van der Waals surface area contributed by atoms with Crippen LogP contribution < -0.4 is 5.73 Å². The van der Waals surface area contributed by atoms with Crippen molar-refractivity contribution in [2.45, 2.75) is 25.0 Å². The predicted molar refractivity (Wildman–Crippen MR) is 72.4 cm³/mol. The average Bonchev–Trinajstić information content (AvgIpc) is 2.75. The van der Waals surface area contributed by atoms with E-state index in [1.807, 2.05) is 7.05 Å². The zero-order valence-corrected chi connectivity index (χ0v) is 11.6. The first-order valence-electron chi connectivity index (χ1n) is 5.76. The van der Waals surface area contributed by atoms with Crippen LogP contribution in [0.4, 0.5) is 0 Å². The fourth-order valence-electron chi connectivity index (χ4n) is 1.60. The van der Waals surface area contributed by atoms with Crippen molar-refractivity contribution < 1.29 is 0 Å². The largest absolute Gasteiger partial charge is 0.323 e. The Kier molecular flexibility index (Phi) is 3.98. The summed E-state index contributed by atoms with van der Waals surface area (Å²) in [4.78, 5) is 0. The highest BCUT2D eigenvalue weighted by Gasteiger charge is 2.10. The molecule has 0 aliphatic heterocycles. The molecule has 0 spiro atoms. The Balaban J connectivity index is 2.01. The lowest BCUT2D eigenvalue weighted by Gasteiger charge is -2.12. The number of hydrogen-bond acceptors (Lipinski definition) is 5. The first-order chi connectivity index (χ1) is 8.58. The van der Waals surface area contributed by atoms with Crippen LogP contribution in [0.2, 0.25) is 0 Å². The third kappa shape index (κ3) is 2.88. The molecule has 0 fully saturated rings. The molecule has 0 bridgehead atoms. The highest BCUT2D eigenvalue weighted by molar-refractivity contribution is 7.99. The average molecular weight is 263 g/mol. The molecular formula is C12H17N5S. The summed E-state index contributed by atoms with van der Waals surface area (Å²) in [6.07, 6.45) is 0. The molecule has 0 amide bonds. The van der Waals surface area contributed by atoms with Gasteiger partial charge in [0.2, 0.25) is 5.16 Å². The first kappa shape index (κ1) is 13.0. The minimum Gasteiger partial charge on any atom is -0.323 e. The van der Waals surface area contributed by atoms with Crippen LogP contribution in [0.1, 0.15) is 22.7 Å². The molecule has 18 heavy (non-hydrogen) atoms. The van der Waals surface area contributed by atoms with Gasteiger partial charge in [0, 0.05) is 18.8 Å². The second kappa shape index (κ2) is 5.49. The molecule has 1 unspecified atom stereocenters. The minimum atomic E-state index is -0.00833. The second-order valence-corrected chi connectivity index (χ2v) is 5.33. The molecule has 2 N–H and O–H groups in total. The Morgan fingerprint density at radius 3 is 2.72 bits per heavy atom. The number of rotatable bonds is 4. The number of hydrogen-bond donors (Lipinski definition) is 1. The maximum absolute atomic E-state index is 6.18. The van der Waals surface area contributed by atoms with Crippen LogP contribution in [-0.2, 0) is 7.05 Å². The van der Waals surface area contributed by atoms with Crippen LogP contribution in [-0.4, -0.2) is 26.0 Å². The third-order valence-corrected chi connectivity index (χ3v) is 4.06. The summed E-state index contributed by atoms with van der Waals surface area (Å²) in [5.41, 5.74) is 9.90. The van der Waals surface area contributed by atoms with Crippen molar-refractivity contribution in [3.8, 4) is 0 Å². The van der Waals surface area contributed by atoms with E-state index in [0.29, 0.717) is 0 Å². The molecule has 1 aromatic carbocycles. The highest BCUT2D eigenvalue weighted by atomic mass is 32.2. The van der Waals surface area contributed by atoms with Gasteiger partial charge in [-0.2, -0.15) is 0 Å². The van der Waals surface area contributed by atoms with Crippen molar-refractivity contribution in [3.05, 3.63) is 34.9 Å². The number of aromatic nitrogens is 4. The molecule has 0 saturated carbocycles. The maximum Gasteiger partial charge on any atom is 0.209 e. The zero-order valence-electron chi connectivity index (χ0n) is 10.8. The van der Waals surface area contributed by atoms with Crippen molar-refractivity contribution in [1.82, 2.24) is 20.2 Å². The van der Waals surface area contributed by atoms with E-state index < -0.39 is 0 Å². The van der Waals surface area contributed by atoms with E-state index in [4.69, 9.17) is 5.73 Å². The molecule has 1 atom stereocenters. The minimum absolute atomic E-state index is 0.00833. The normalized spacial score (nSPS) is 12.7. The van der Waals surface area contributed by atoms with E-state index >= 15 is 0 Å². The summed E-state index contributed by atoms with van der Waals surface area (Å²) in [5, 5.41) is 12.1. The lowest BCUT2D eigenvalue weighted by Crippen LogP contribution is -2.13. The van der Waals surface area contributed by atoms with E-state index in [2.05, 4.69) is 47.6 Å². The highest BCUT2D eigenvalue weighted by Crippen LogP contribution is 2.22. The van der Waals surface area contributed by atoms with Crippen LogP contribution in [0.3, 0.4) is 0 Å². The Labute approximate surface area is 111 Å². The number of thioether (sulfide) groups is 1. The Morgan fingerprint density at radius 1 is 1.33 bits per heavy atom. The van der Waals surface area contributed by atoms with E-state index in [0.717, 1.165) is 16.5 Å². The first-order valence-corrected chi connectivity index (χ1v) is 6.74. The zero-order chi connectivity index (χ0) is 13.1. The van der Waals surface area contributed by atoms with E-state index in [1.165, 1.54) is 11.1 Å². The summed E-state index contributed by atoms with van der Waals surface area (Å²) in [6.45, 7) is 4.20. The van der Waals surface area contributed by atoms with Crippen molar-refractivity contribution in [2.75, 3.05) is 5.75 Å². The topological polar surface area (TPSA) is 69.6 Å². The summed E-state index contributed by atoms with van der Waals surface area (Å²) in [5.74, 6) is 0.761. The van der Waals surface area contributed by atoms with Gasteiger partial charge >= 0.3 is 0 Å². The van der Waals surface area contributed by atoms with Crippen LogP contribution in [0.25, 0.3) is 0 Å². The molecule has 5 nitrogen and oxygen atoms in total. The van der Waals surface area contributed by atoms with Crippen LogP contribution in [0.5, 0.6) is 0 Å². The molecule has 6 heteroatoms. The molecule has 96 valence electrons. The predicted octanol–water partition coefficient (Wildman–Crippen LogP) is 1.62. The number of aryl methyl sites for hydroxylation is 3. The molecule has 0 saturated heterocycles. The van der Waals surface area contributed by atoms with Gasteiger partial charge in [-0.1, -0.05) is 30.0 Å². The van der Waals surface area contributed by atoms with Gasteiger partial charge in [0.25, 0.3) is 0 Å². The quantitative estimate of drug-likeness (QED) is 0.849. The van der Waals surface area contributed by atoms with Crippen molar-refractivity contribution in [2.24, 2.45) is 12.8 Å². The Morgan fingerprint density at radius 2 is 2.11 bits per heavy atom. The van der Waals surface area contributed by atoms with Gasteiger partial charge in [0.05, 0.1) is 0 Å². The smallest absolute Gasteiger partial charge is 0.209 e. The Bertz CT molecular complexity index is 537. The molecule has 0 radical (unpaired) electrons. The SMILES string of the molecule is Cc1ccc(C(N)CSc2nnnn2C)cc1C. The maximum atomic E-state index is 6.18. The summed E-state index contributed by atoms with van der Waals surface area (Å²) < 4.78 is 1.65. The molecule has 0 aliphatic rings. The Hall–Kier alpha value is -1.40. The van der Waals surface area contributed by atoms with Crippen LogP contribution >= 0.6 is 11.8 Å². The summed E-state index contributed by atoms with van der Waals surface area (Å²) in [7, 11) is 1.82. The monoisotopic (exact) mass is 263 g/mol. The lowest BCUT2D eigenvalue weighted by molar-refractivity contribution is 0.663. The lowest BCUT2D eigenvalue weighted by atomic mass is 10.0. The van der Waals surface area contributed by atoms with Gasteiger partial charge in [-0.3, -0.25) is 0 Å². The number of nitrogens with two attached hydrogens (primary N) is 1. The number of benzene rings is 1. The molecule has 1 heterocycles. The molecule has 1 aromatic heterocycles. The summed E-state index contributed by atoms with van der Waals surface area (Å²) in [6, 6.07) is 6.34. The van der Waals surface area contributed by atoms with E-state index in [9.17, 15) is 0 Å². The van der Waals surface area contributed by atoms with Crippen molar-refractivity contribution in [1.29, 1.82) is 0 Å². The van der Waals surface area contributed by atoms with Gasteiger partial charge in [-0.05, 0) is 41.0 Å². The molecule has 2 aromatic rings. The standard InChI is InChI=1S/C12H17N5S/c1-8-4-5-10(6-9(8)2)11(13)7-18-12-14-15-16-17(12)3/h4-6,11H,7,13H2,1-3H3. The van der Waals surface area contributed by atoms with Gasteiger partial charge in [0.1, 0.15) is 0 Å². The summed E-state index contributed by atoms with van der Waals surface area (Å²) >= 11 is 1.57. The van der Waals surface area contributed by atoms with Gasteiger partial charge in [-0.25, -0.2) is 4.68 Å². The number of nitrogens with zero attached hydrogens (tertiary/aromatic N) is 4. The van der Waals surface area contributed by atoms with Gasteiger partial charge in [-0.15, -0.1) is 5.10 Å². The second-order valence-electron chi connectivity index (χ2n) is 4.35. The van der Waals surface area contributed by atoms with Crippen LogP contribution in [0, 0.1) is 13.8 Å².